The van der Waals surface area contributed by atoms with Crippen molar-refractivity contribution in [3.05, 3.63) is 73.4 Å². The maximum atomic E-state index is 13.3. The van der Waals surface area contributed by atoms with E-state index in [0.717, 1.165) is 58.1 Å². The van der Waals surface area contributed by atoms with Gasteiger partial charge < -0.3 is 4.57 Å². The summed E-state index contributed by atoms with van der Waals surface area (Å²) in [5, 5.41) is 13.5. The van der Waals surface area contributed by atoms with E-state index in [-0.39, 0.29) is 11.3 Å². The summed E-state index contributed by atoms with van der Waals surface area (Å²) in [5.41, 5.74) is 5.12. The van der Waals surface area contributed by atoms with Gasteiger partial charge in [0.05, 0.1) is 11.3 Å². The molecule has 5 rings (SSSR count). The van der Waals surface area contributed by atoms with Gasteiger partial charge in [0.1, 0.15) is 16.6 Å². The molecule has 3 aromatic rings. The molecule has 0 atom stereocenters. The molecule has 1 aliphatic heterocycles. The summed E-state index contributed by atoms with van der Waals surface area (Å²) in [6, 6.07) is 8.30. The number of amides is 4. The zero-order valence-corrected chi connectivity index (χ0v) is 21.6. The molecule has 1 aliphatic carbocycles. The number of carbonyl (C=O) groups is 3. The Morgan fingerprint density at radius 1 is 1.11 bits per heavy atom. The van der Waals surface area contributed by atoms with Gasteiger partial charge in [0.25, 0.3) is 11.8 Å². The average molecular weight is 519 g/mol. The number of nitriles is 1. The zero-order valence-electron chi connectivity index (χ0n) is 20.1. The van der Waals surface area contributed by atoms with Gasteiger partial charge in [0.2, 0.25) is 0 Å². The number of barbiturate groups is 1. The molecule has 0 radical (unpaired) electrons. The number of rotatable bonds is 3. The van der Waals surface area contributed by atoms with E-state index in [1.807, 2.05) is 31.4 Å². The predicted molar refractivity (Wildman–Crippen MR) is 140 cm³/mol. The summed E-state index contributed by atoms with van der Waals surface area (Å²) in [6.45, 7) is 5.64. The van der Waals surface area contributed by atoms with Crippen molar-refractivity contribution in [3.63, 3.8) is 0 Å². The number of anilines is 1. The molecule has 36 heavy (non-hydrogen) atoms. The van der Waals surface area contributed by atoms with Crippen molar-refractivity contribution in [3.8, 4) is 11.1 Å². The Labute approximate surface area is 217 Å². The number of benzene rings is 1. The molecular weight excluding hydrogens is 496 g/mol. The van der Waals surface area contributed by atoms with Gasteiger partial charge in [-0.25, -0.2) is 9.69 Å². The van der Waals surface area contributed by atoms with E-state index in [1.165, 1.54) is 17.0 Å². The van der Waals surface area contributed by atoms with Gasteiger partial charge in [0.15, 0.2) is 0 Å². The van der Waals surface area contributed by atoms with Crippen LogP contribution in [0.1, 0.15) is 51.4 Å². The fraction of sp³-hybridized carbons (Fsp3) is 0.259. The van der Waals surface area contributed by atoms with Gasteiger partial charge in [0, 0.05) is 21.3 Å². The average Bonchev–Trinajstić information content (AvgIpc) is 3.34. The van der Waals surface area contributed by atoms with Crippen molar-refractivity contribution in [2.45, 2.75) is 46.5 Å². The minimum absolute atomic E-state index is 0.155. The van der Waals surface area contributed by atoms with Crippen LogP contribution in [0, 0.1) is 32.1 Å². The minimum atomic E-state index is -0.824. The van der Waals surface area contributed by atoms with Crippen LogP contribution in [-0.4, -0.2) is 22.4 Å². The number of imide groups is 2. The Bertz CT molecular complexity index is 1540. The standard InChI is InChI=1S/C27H23ClN4O3S/c1-14-8-9-18(12-22(14)28)32-25(34)20(24(33)30-27(32)35)11-17-10-15(2)31(16(17)3)26-21(13-29)19-6-4-5-7-23(19)36-26/h8-12H,4-7H2,1-3H3,(H,30,33,35)/b20-11-. The van der Waals surface area contributed by atoms with E-state index in [2.05, 4.69) is 11.4 Å². The lowest BCUT2D eigenvalue weighted by Crippen LogP contribution is -2.54. The molecule has 0 unspecified atom stereocenters. The summed E-state index contributed by atoms with van der Waals surface area (Å²) in [6.07, 6.45) is 5.60. The number of aromatic nitrogens is 1. The number of halogens is 1. The molecule has 0 bridgehead atoms. The summed E-state index contributed by atoms with van der Waals surface area (Å²) >= 11 is 7.85. The second-order valence-electron chi connectivity index (χ2n) is 9.06. The molecule has 1 saturated heterocycles. The van der Waals surface area contributed by atoms with Gasteiger partial charge >= 0.3 is 6.03 Å². The Hall–Kier alpha value is -3.67. The normalized spacial score (nSPS) is 16.8. The number of aryl methyl sites for hydroxylation is 3. The molecule has 1 fully saturated rings. The lowest BCUT2D eigenvalue weighted by molar-refractivity contribution is -0.122. The summed E-state index contributed by atoms with van der Waals surface area (Å²) in [7, 11) is 0. The molecule has 1 N–H and O–H groups in total. The highest BCUT2D eigenvalue weighted by atomic mass is 35.5. The van der Waals surface area contributed by atoms with Gasteiger partial charge in [-0.2, -0.15) is 5.26 Å². The summed E-state index contributed by atoms with van der Waals surface area (Å²) in [4.78, 5) is 40.8. The highest BCUT2D eigenvalue weighted by molar-refractivity contribution is 7.15. The van der Waals surface area contributed by atoms with Crippen LogP contribution in [-0.2, 0) is 22.4 Å². The first-order valence-corrected chi connectivity index (χ1v) is 12.8. The Morgan fingerprint density at radius 3 is 2.58 bits per heavy atom. The monoisotopic (exact) mass is 518 g/mol. The van der Waals surface area contributed by atoms with E-state index in [4.69, 9.17) is 11.6 Å². The SMILES string of the molecule is Cc1ccc(N2C(=O)NC(=O)/C(=C/c3cc(C)n(-c4sc5c(c4C#N)CCCC5)c3C)C2=O)cc1Cl. The van der Waals surface area contributed by atoms with Gasteiger partial charge in [-0.15, -0.1) is 11.3 Å². The number of urea groups is 1. The first-order valence-electron chi connectivity index (χ1n) is 11.6. The van der Waals surface area contributed by atoms with Crippen LogP contribution < -0.4 is 10.2 Å². The van der Waals surface area contributed by atoms with Crippen molar-refractivity contribution in [1.82, 2.24) is 9.88 Å². The molecule has 7 nitrogen and oxygen atoms in total. The van der Waals surface area contributed by atoms with E-state index in [0.29, 0.717) is 16.1 Å². The third-order valence-electron chi connectivity index (χ3n) is 6.75. The van der Waals surface area contributed by atoms with Crippen molar-refractivity contribution in [1.29, 1.82) is 5.26 Å². The predicted octanol–water partition coefficient (Wildman–Crippen LogP) is 5.53. The van der Waals surface area contributed by atoms with E-state index >= 15 is 0 Å². The summed E-state index contributed by atoms with van der Waals surface area (Å²) in [5.74, 6) is -1.48. The Kier molecular flexibility index (Phi) is 6.07. The maximum absolute atomic E-state index is 13.3. The van der Waals surface area contributed by atoms with Crippen molar-refractivity contribution in [2.24, 2.45) is 0 Å². The van der Waals surface area contributed by atoms with Crippen LogP contribution in [0.3, 0.4) is 0 Å². The largest absolute Gasteiger partial charge is 0.335 e. The maximum Gasteiger partial charge on any atom is 0.335 e. The second kappa shape index (κ2) is 9.08. The topological polar surface area (TPSA) is 95.2 Å². The van der Waals surface area contributed by atoms with Crippen molar-refractivity contribution < 1.29 is 14.4 Å². The molecule has 3 heterocycles. The first-order chi connectivity index (χ1) is 17.2. The van der Waals surface area contributed by atoms with Crippen molar-refractivity contribution >= 4 is 52.5 Å². The number of nitrogens with zero attached hydrogens (tertiary/aromatic N) is 3. The molecule has 2 aromatic heterocycles. The van der Waals surface area contributed by atoms with Crippen LogP contribution >= 0.6 is 22.9 Å². The van der Waals surface area contributed by atoms with E-state index < -0.39 is 17.8 Å². The molecule has 1 aromatic carbocycles. The first kappa shape index (κ1) is 24.0. The summed E-state index contributed by atoms with van der Waals surface area (Å²) < 4.78 is 2.02. The fourth-order valence-electron chi connectivity index (χ4n) is 4.84. The highest BCUT2D eigenvalue weighted by Crippen LogP contribution is 2.38. The number of hydrogen-bond donors (Lipinski definition) is 1. The smallest absolute Gasteiger partial charge is 0.308 e. The fourth-order valence-corrected chi connectivity index (χ4v) is 6.46. The third-order valence-corrected chi connectivity index (χ3v) is 8.44. The number of carbonyl (C=O) groups excluding carboxylic acids is 3. The quantitative estimate of drug-likeness (QED) is 0.364. The van der Waals surface area contributed by atoms with Crippen LogP contribution in [0.4, 0.5) is 10.5 Å². The second-order valence-corrected chi connectivity index (χ2v) is 10.5. The van der Waals surface area contributed by atoms with Crippen molar-refractivity contribution in [2.75, 3.05) is 4.90 Å². The highest BCUT2D eigenvalue weighted by Gasteiger charge is 2.37. The van der Waals surface area contributed by atoms with Crippen LogP contribution in [0.5, 0.6) is 0 Å². The number of nitrogens with one attached hydrogen (secondary N) is 1. The van der Waals surface area contributed by atoms with Gasteiger partial charge in [-0.3, -0.25) is 14.9 Å². The third kappa shape index (κ3) is 3.85. The molecule has 9 heteroatoms. The molecule has 2 aliphatic rings. The van der Waals surface area contributed by atoms with E-state index in [9.17, 15) is 19.6 Å². The molecule has 4 amide bonds. The van der Waals surface area contributed by atoms with Gasteiger partial charge in [-0.1, -0.05) is 17.7 Å². The Balaban J connectivity index is 1.57. The molecular formula is C27H23ClN4O3S. The van der Waals surface area contributed by atoms with Crippen LogP contribution in [0.2, 0.25) is 5.02 Å². The molecule has 0 spiro atoms. The van der Waals surface area contributed by atoms with E-state index in [1.54, 1.807) is 23.5 Å². The van der Waals surface area contributed by atoms with Crippen LogP contribution in [0.25, 0.3) is 11.1 Å². The minimum Gasteiger partial charge on any atom is -0.308 e. The van der Waals surface area contributed by atoms with Crippen LogP contribution in [0.15, 0.2) is 29.8 Å². The van der Waals surface area contributed by atoms with Gasteiger partial charge in [-0.05, 0) is 87.4 Å². The Morgan fingerprint density at radius 2 is 1.86 bits per heavy atom. The molecule has 182 valence electrons. The number of thiophene rings is 1. The number of fused-ring (bicyclic) bond motifs is 1. The number of hydrogen-bond acceptors (Lipinski definition) is 5. The lowest BCUT2D eigenvalue weighted by Gasteiger charge is -2.26. The lowest BCUT2D eigenvalue weighted by atomic mass is 9.96. The molecule has 0 saturated carbocycles. The zero-order chi connectivity index (χ0) is 25.7.